The van der Waals surface area contributed by atoms with Gasteiger partial charge in [0.2, 0.25) is 0 Å². The maximum atomic E-state index is 10.5. The molecular weight excluding hydrogens is 226 g/mol. The normalized spacial score (nSPS) is 9.83. The minimum absolute atomic E-state index is 0.135. The molecule has 0 amide bonds. The lowest BCUT2D eigenvalue weighted by Crippen LogP contribution is -1.95. The maximum Gasteiger partial charge on any atom is 0.361 e. The van der Waals surface area contributed by atoms with Gasteiger partial charge in [0, 0.05) is 10.0 Å². The van der Waals surface area contributed by atoms with Crippen molar-refractivity contribution in [3.63, 3.8) is 0 Å². The summed E-state index contributed by atoms with van der Waals surface area (Å²) in [6.07, 6.45) is 0. The van der Waals surface area contributed by atoms with E-state index in [9.17, 15) is 4.91 Å². The first-order valence-corrected chi connectivity index (χ1v) is 3.97. The molecule has 0 aliphatic heterocycles. The molecule has 0 heterocycles. The summed E-state index contributed by atoms with van der Waals surface area (Å²) >= 11 is 3.16. The minimum atomic E-state index is -0.352. The molecule has 5 heteroatoms. The van der Waals surface area contributed by atoms with E-state index in [1.165, 1.54) is 6.07 Å². The minimum Gasteiger partial charge on any atom is -0.502 e. The fourth-order valence-corrected chi connectivity index (χ4v) is 1.22. The second-order valence-electron chi connectivity index (χ2n) is 2.31. The molecular formula is C7H7BrNO3+. The van der Waals surface area contributed by atoms with Gasteiger partial charge in [-0.1, -0.05) is 15.9 Å². The molecule has 0 aliphatic rings. The highest BCUT2D eigenvalue weighted by atomic mass is 79.9. The number of phenolic OH excluding ortho intramolecular Hbond substituents is 1. The highest BCUT2D eigenvalue weighted by Crippen LogP contribution is 2.33. The van der Waals surface area contributed by atoms with E-state index >= 15 is 0 Å². The summed E-state index contributed by atoms with van der Waals surface area (Å²) in [4.78, 5) is 10.2. The molecule has 0 saturated carbocycles. The third-order valence-electron chi connectivity index (χ3n) is 1.53. The highest BCUT2D eigenvalue weighted by molar-refractivity contribution is 9.10. The van der Waals surface area contributed by atoms with E-state index in [1.54, 1.807) is 13.0 Å². The van der Waals surface area contributed by atoms with Gasteiger partial charge in [-0.25, -0.2) is 5.21 Å². The zero-order chi connectivity index (χ0) is 9.30. The Morgan fingerprint density at radius 3 is 2.50 bits per heavy atom. The van der Waals surface area contributed by atoms with Crippen LogP contribution in [0.2, 0.25) is 0 Å². The standard InChI is InChI=1S/C7H6BrNO3/c1-4-5(8)2-3-6(10)7(4)9(11)12/h2-3H,1H3,(H-,10,11,12)/p+1. The van der Waals surface area contributed by atoms with Crippen molar-refractivity contribution in [2.75, 3.05) is 0 Å². The molecule has 0 saturated heterocycles. The molecule has 0 aromatic heterocycles. The van der Waals surface area contributed by atoms with Gasteiger partial charge in [0.1, 0.15) is 0 Å². The molecule has 1 aromatic carbocycles. The molecule has 4 nitrogen and oxygen atoms in total. The molecule has 1 rings (SSSR count). The molecule has 0 radical (unpaired) electrons. The lowest BCUT2D eigenvalue weighted by molar-refractivity contribution is -0.730. The Kier molecular flexibility index (Phi) is 2.32. The van der Waals surface area contributed by atoms with Gasteiger partial charge >= 0.3 is 5.69 Å². The van der Waals surface area contributed by atoms with Crippen molar-refractivity contribution < 1.29 is 15.2 Å². The van der Waals surface area contributed by atoms with Crippen LogP contribution in [0.4, 0.5) is 5.69 Å². The topological polar surface area (TPSA) is 60.5 Å². The highest BCUT2D eigenvalue weighted by Gasteiger charge is 2.23. The zero-order valence-corrected chi connectivity index (χ0v) is 7.87. The van der Waals surface area contributed by atoms with Crippen LogP contribution < -0.4 is 0 Å². The van der Waals surface area contributed by atoms with Crippen molar-refractivity contribution in [2.45, 2.75) is 6.92 Å². The van der Waals surface area contributed by atoms with Crippen molar-refractivity contribution >= 4 is 21.6 Å². The molecule has 0 bridgehead atoms. The van der Waals surface area contributed by atoms with E-state index in [0.29, 0.717) is 10.0 Å². The molecule has 1 aromatic rings. The van der Waals surface area contributed by atoms with E-state index in [1.807, 2.05) is 0 Å². The largest absolute Gasteiger partial charge is 0.502 e. The lowest BCUT2D eigenvalue weighted by atomic mass is 10.2. The summed E-state index contributed by atoms with van der Waals surface area (Å²) in [6, 6.07) is 2.92. The number of aromatic hydroxyl groups is 1. The van der Waals surface area contributed by atoms with Gasteiger partial charge in [0.25, 0.3) is 4.92 Å². The van der Waals surface area contributed by atoms with Crippen molar-refractivity contribution in [3.8, 4) is 5.75 Å². The third-order valence-corrected chi connectivity index (χ3v) is 2.39. The van der Waals surface area contributed by atoms with Gasteiger partial charge < -0.3 is 5.11 Å². The predicted molar refractivity (Wildman–Crippen MR) is 45.6 cm³/mol. The van der Waals surface area contributed by atoms with Crippen LogP contribution in [0.25, 0.3) is 0 Å². The van der Waals surface area contributed by atoms with Crippen LogP contribution in [0.15, 0.2) is 16.6 Å². The summed E-state index contributed by atoms with van der Waals surface area (Å²) in [5.41, 5.74) is 0.358. The Morgan fingerprint density at radius 1 is 1.50 bits per heavy atom. The summed E-state index contributed by atoms with van der Waals surface area (Å²) in [6.45, 7) is 1.61. The van der Waals surface area contributed by atoms with Gasteiger partial charge in [-0.05, 0) is 19.1 Å². The number of hydrogen-bond donors (Lipinski definition) is 2. The van der Waals surface area contributed by atoms with Crippen LogP contribution in [-0.2, 0) is 0 Å². The second kappa shape index (κ2) is 3.10. The van der Waals surface area contributed by atoms with E-state index in [4.69, 9.17) is 10.3 Å². The molecule has 0 aliphatic carbocycles. The molecule has 0 spiro atoms. The first-order valence-electron chi connectivity index (χ1n) is 3.18. The van der Waals surface area contributed by atoms with Crippen LogP contribution in [-0.4, -0.2) is 15.2 Å². The zero-order valence-electron chi connectivity index (χ0n) is 6.28. The second-order valence-corrected chi connectivity index (χ2v) is 3.17. The summed E-state index contributed by atoms with van der Waals surface area (Å²) in [5, 5.41) is 17.8. The first-order chi connectivity index (χ1) is 5.54. The monoisotopic (exact) mass is 232 g/mol. The third kappa shape index (κ3) is 1.40. The average molecular weight is 233 g/mol. The first kappa shape index (κ1) is 8.99. The number of phenols is 1. The number of halogens is 1. The number of benzene rings is 1. The Morgan fingerprint density at radius 2 is 2.08 bits per heavy atom. The van der Waals surface area contributed by atoms with Crippen LogP contribution in [0.5, 0.6) is 5.75 Å². The van der Waals surface area contributed by atoms with Gasteiger partial charge in [0.05, 0.1) is 4.91 Å². The molecule has 2 N–H and O–H groups in total. The Balaban J connectivity index is 3.43. The molecule has 0 fully saturated rings. The number of hydrogen-bond acceptors (Lipinski definition) is 2. The van der Waals surface area contributed by atoms with Crippen LogP contribution in [0.3, 0.4) is 0 Å². The van der Waals surface area contributed by atoms with Gasteiger partial charge in [-0.15, -0.1) is 0 Å². The van der Waals surface area contributed by atoms with E-state index < -0.39 is 0 Å². The summed E-state index contributed by atoms with van der Waals surface area (Å²) in [5.74, 6) is -0.242. The van der Waals surface area contributed by atoms with Gasteiger partial charge in [0.15, 0.2) is 5.75 Å². The van der Waals surface area contributed by atoms with Crippen molar-refractivity contribution in [1.82, 2.24) is 0 Å². The SMILES string of the molecule is Cc1c(Br)ccc(O)c1[N+](=O)O. The van der Waals surface area contributed by atoms with E-state index in [0.717, 1.165) is 0 Å². The van der Waals surface area contributed by atoms with Gasteiger partial charge in [-0.2, -0.15) is 0 Å². The van der Waals surface area contributed by atoms with Crippen LogP contribution >= 0.6 is 15.9 Å². The number of nitrogens with zero attached hydrogens (tertiary/aromatic N) is 1. The fraction of sp³-hybridized carbons (Fsp3) is 0.143. The van der Waals surface area contributed by atoms with Crippen molar-refractivity contribution in [3.05, 3.63) is 27.1 Å². The van der Waals surface area contributed by atoms with Crippen molar-refractivity contribution in [1.29, 1.82) is 0 Å². The predicted octanol–water partition coefficient (Wildman–Crippen LogP) is 2.26. The van der Waals surface area contributed by atoms with Crippen molar-refractivity contribution in [2.24, 2.45) is 0 Å². The fourth-order valence-electron chi connectivity index (χ4n) is 0.903. The van der Waals surface area contributed by atoms with Gasteiger partial charge in [-0.3, -0.25) is 0 Å². The Hall–Kier alpha value is -1.10. The van der Waals surface area contributed by atoms with Crippen LogP contribution in [0.1, 0.15) is 5.56 Å². The maximum absolute atomic E-state index is 10.5. The quantitative estimate of drug-likeness (QED) is 0.731. The van der Waals surface area contributed by atoms with E-state index in [-0.39, 0.29) is 16.4 Å². The smallest absolute Gasteiger partial charge is 0.361 e. The molecule has 0 unspecified atom stereocenters. The summed E-state index contributed by atoms with van der Waals surface area (Å²) in [7, 11) is 0. The average Bonchev–Trinajstić information content (AvgIpc) is 1.97. The van der Waals surface area contributed by atoms with Crippen LogP contribution in [0, 0.1) is 11.8 Å². The molecule has 12 heavy (non-hydrogen) atoms. The summed E-state index contributed by atoms with van der Waals surface area (Å²) < 4.78 is 0.658. The molecule has 0 atom stereocenters. The lowest BCUT2D eigenvalue weighted by Gasteiger charge is -1.97. The number of rotatable bonds is 1. The Bertz CT molecular complexity index is 338. The molecule has 64 valence electrons. The Labute approximate surface area is 77.1 Å². The van der Waals surface area contributed by atoms with E-state index in [2.05, 4.69) is 15.9 Å².